The molecule has 2 heterocycles. The maximum atomic E-state index is 13.9. The number of aromatic nitrogens is 1. The molecular formula is C20H25FN6O2. The summed E-state index contributed by atoms with van der Waals surface area (Å²) < 4.78 is 18.7. The monoisotopic (exact) mass is 400 g/mol. The number of rotatable bonds is 5. The second-order valence-electron chi connectivity index (χ2n) is 6.95. The number of piperidine rings is 1. The van der Waals surface area contributed by atoms with E-state index in [0.717, 1.165) is 19.4 Å². The summed E-state index contributed by atoms with van der Waals surface area (Å²) in [6.45, 7) is 2.01. The predicted octanol–water partition coefficient (Wildman–Crippen LogP) is 2.56. The van der Waals surface area contributed by atoms with Gasteiger partial charge in [0, 0.05) is 42.6 Å². The molecule has 1 aliphatic rings. The molecule has 1 fully saturated rings. The van der Waals surface area contributed by atoms with Crippen LogP contribution >= 0.6 is 0 Å². The number of pyridine rings is 1. The number of hydrogen-bond donors (Lipinski definition) is 4. The van der Waals surface area contributed by atoms with Crippen molar-refractivity contribution in [3.63, 3.8) is 0 Å². The van der Waals surface area contributed by atoms with Crippen LogP contribution in [0.2, 0.25) is 0 Å². The summed E-state index contributed by atoms with van der Waals surface area (Å²) in [5, 5.41) is 13.2. The third-order valence-electron chi connectivity index (χ3n) is 4.82. The third-order valence-corrected chi connectivity index (χ3v) is 4.82. The fraction of sp³-hybridized carbons (Fsp3) is 0.350. The van der Waals surface area contributed by atoms with Crippen molar-refractivity contribution in [1.82, 2.24) is 15.2 Å². The molecule has 9 heteroatoms. The number of carbonyl (C=O) groups is 1. The number of nitrogen functional groups attached to an aromatic ring is 1. The smallest absolute Gasteiger partial charge is 0.320 e. The van der Waals surface area contributed by atoms with Crippen molar-refractivity contribution >= 4 is 23.4 Å². The largest absolute Gasteiger partial charge is 0.481 e. The molecule has 1 saturated heterocycles. The zero-order chi connectivity index (χ0) is 20.8. The summed E-state index contributed by atoms with van der Waals surface area (Å²) in [4.78, 5) is 18.6. The van der Waals surface area contributed by atoms with Gasteiger partial charge >= 0.3 is 6.03 Å². The van der Waals surface area contributed by atoms with Crippen LogP contribution in [0.15, 0.2) is 36.5 Å². The lowest BCUT2D eigenvalue weighted by molar-refractivity contribution is 0.181. The van der Waals surface area contributed by atoms with E-state index in [4.69, 9.17) is 15.9 Å². The molecule has 0 saturated carbocycles. The normalized spacial score (nSPS) is 16.8. The Morgan fingerprint density at radius 2 is 2.24 bits per heavy atom. The Bertz CT molecular complexity index is 891. The van der Waals surface area contributed by atoms with Gasteiger partial charge < -0.3 is 15.8 Å². The Hall–Kier alpha value is -3.20. The van der Waals surface area contributed by atoms with Gasteiger partial charge in [-0.15, -0.1) is 0 Å². The Morgan fingerprint density at radius 3 is 2.97 bits per heavy atom. The van der Waals surface area contributed by atoms with E-state index >= 15 is 0 Å². The van der Waals surface area contributed by atoms with Gasteiger partial charge in [0.15, 0.2) is 0 Å². The van der Waals surface area contributed by atoms with Gasteiger partial charge in [0.05, 0.1) is 12.7 Å². The van der Waals surface area contributed by atoms with Gasteiger partial charge in [0.25, 0.3) is 0 Å². The van der Waals surface area contributed by atoms with E-state index in [1.807, 2.05) is 6.07 Å². The van der Waals surface area contributed by atoms with Gasteiger partial charge in [-0.25, -0.2) is 14.2 Å². The summed E-state index contributed by atoms with van der Waals surface area (Å²) in [6.07, 6.45) is 3.15. The van der Waals surface area contributed by atoms with Gasteiger partial charge in [-0.3, -0.25) is 15.6 Å². The van der Waals surface area contributed by atoms with Crippen molar-refractivity contribution < 1.29 is 13.9 Å². The molecule has 2 amide bonds. The van der Waals surface area contributed by atoms with Crippen LogP contribution in [0.25, 0.3) is 0 Å². The summed E-state index contributed by atoms with van der Waals surface area (Å²) in [6, 6.07) is 7.79. The molecular weight excluding hydrogens is 375 g/mol. The van der Waals surface area contributed by atoms with Crippen molar-refractivity contribution in [2.24, 2.45) is 0 Å². The molecule has 1 aromatic carbocycles. The van der Waals surface area contributed by atoms with Crippen molar-refractivity contribution in [2.75, 3.05) is 31.2 Å². The number of amides is 2. The minimum absolute atomic E-state index is 0.0474. The van der Waals surface area contributed by atoms with Crippen LogP contribution in [0.3, 0.4) is 0 Å². The number of urea groups is 1. The Balaban J connectivity index is 1.54. The Morgan fingerprint density at radius 1 is 1.45 bits per heavy atom. The van der Waals surface area contributed by atoms with Crippen molar-refractivity contribution in [1.29, 1.82) is 5.41 Å². The average Bonchev–Trinajstić information content (AvgIpc) is 2.69. The standard InChI is InChI=1S/C20H25FN6O2/c1-29-19(23)15-10-24-18(9-17(15)22)26-20(28)25-14-6-4-8-27(12-14)11-13-5-2-3-7-16(13)21/h2-3,5,7,9-10,14,23H,4,6,8,11-12H2,1H3,(H4,22,24,25,26,28). The number of nitrogens with two attached hydrogens (primary N) is 1. The first-order valence-electron chi connectivity index (χ1n) is 9.38. The van der Waals surface area contributed by atoms with Crippen LogP contribution in [-0.4, -0.2) is 48.1 Å². The van der Waals surface area contributed by atoms with Gasteiger partial charge in [-0.1, -0.05) is 18.2 Å². The lowest BCUT2D eigenvalue weighted by atomic mass is 10.0. The van der Waals surface area contributed by atoms with Crippen LogP contribution in [0, 0.1) is 11.2 Å². The third kappa shape index (κ3) is 5.41. The molecule has 0 aliphatic carbocycles. The maximum Gasteiger partial charge on any atom is 0.320 e. The molecule has 5 N–H and O–H groups in total. The summed E-state index contributed by atoms with van der Waals surface area (Å²) >= 11 is 0. The lowest BCUT2D eigenvalue weighted by Crippen LogP contribution is -2.48. The summed E-state index contributed by atoms with van der Waals surface area (Å²) in [5.41, 5.74) is 7.19. The summed E-state index contributed by atoms with van der Waals surface area (Å²) in [5.74, 6) is -0.0242. The number of halogens is 1. The first-order valence-corrected chi connectivity index (χ1v) is 9.38. The summed E-state index contributed by atoms with van der Waals surface area (Å²) in [7, 11) is 1.38. The minimum Gasteiger partial charge on any atom is -0.481 e. The number of ether oxygens (including phenoxy) is 1. The van der Waals surface area contributed by atoms with E-state index in [0.29, 0.717) is 24.2 Å². The fourth-order valence-corrected chi connectivity index (χ4v) is 3.36. The molecule has 29 heavy (non-hydrogen) atoms. The van der Waals surface area contributed by atoms with Crippen LogP contribution < -0.4 is 16.4 Å². The first-order chi connectivity index (χ1) is 14.0. The highest BCUT2D eigenvalue weighted by molar-refractivity contribution is 5.97. The number of methoxy groups -OCH3 is 1. The highest BCUT2D eigenvalue weighted by Gasteiger charge is 2.22. The molecule has 3 rings (SSSR count). The topological polar surface area (TPSA) is 116 Å². The number of hydrogen-bond acceptors (Lipinski definition) is 6. The van der Waals surface area contributed by atoms with E-state index < -0.39 is 0 Å². The van der Waals surface area contributed by atoms with E-state index in [9.17, 15) is 9.18 Å². The number of nitrogens with one attached hydrogen (secondary N) is 3. The van der Waals surface area contributed by atoms with E-state index in [-0.39, 0.29) is 35.3 Å². The molecule has 2 aromatic rings. The molecule has 1 aliphatic heterocycles. The molecule has 8 nitrogen and oxygen atoms in total. The van der Waals surface area contributed by atoms with E-state index in [1.54, 1.807) is 12.1 Å². The van der Waals surface area contributed by atoms with Crippen LogP contribution in [-0.2, 0) is 11.3 Å². The van der Waals surface area contributed by atoms with Crippen molar-refractivity contribution in [2.45, 2.75) is 25.4 Å². The Labute approximate surface area is 168 Å². The molecule has 1 aromatic heterocycles. The predicted molar refractivity (Wildman–Crippen MR) is 109 cm³/mol. The molecule has 0 spiro atoms. The highest BCUT2D eigenvalue weighted by Crippen LogP contribution is 2.17. The average molecular weight is 400 g/mol. The number of benzene rings is 1. The second-order valence-corrected chi connectivity index (χ2v) is 6.95. The van der Waals surface area contributed by atoms with Crippen molar-refractivity contribution in [3.05, 3.63) is 53.5 Å². The molecule has 1 unspecified atom stereocenters. The zero-order valence-corrected chi connectivity index (χ0v) is 16.2. The molecule has 1 atom stereocenters. The van der Waals surface area contributed by atoms with Gasteiger partial charge in [0.2, 0.25) is 5.90 Å². The van der Waals surface area contributed by atoms with Gasteiger partial charge in [0.1, 0.15) is 11.6 Å². The number of nitrogens with zero attached hydrogens (tertiary/aromatic N) is 2. The van der Waals surface area contributed by atoms with Crippen LogP contribution in [0.4, 0.5) is 20.7 Å². The zero-order valence-electron chi connectivity index (χ0n) is 16.2. The molecule has 0 bridgehead atoms. The Kier molecular flexibility index (Phi) is 6.61. The van der Waals surface area contributed by atoms with Gasteiger partial charge in [-0.2, -0.15) is 0 Å². The quantitative estimate of drug-likeness (QED) is 0.455. The lowest BCUT2D eigenvalue weighted by Gasteiger charge is -2.33. The highest BCUT2D eigenvalue weighted by atomic mass is 19.1. The number of carbonyl (C=O) groups excluding carboxylic acids is 1. The minimum atomic E-state index is -0.385. The SMILES string of the molecule is COC(=N)c1cnc(NC(=O)NC2CCCN(Cc3ccccc3F)C2)cc1N. The van der Waals surface area contributed by atoms with E-state index in [1.165, 1.54) is 25.4 Å². The van der Waals surface area contributed by atoms with Crippen LogP contribution in [0.1, 0.15) is 24.0 Å². The second kappa shape index (κ2) is 9.33. The van der Waals surface area contributed by atoms with E-state index in [2.05, 4.69) is 20.5 Å². The van der Waals surface area contributed by atoms with Gasteiger partial charge in [-0.05, 0) is 25.5 Å². The first kappa shape index (κ1) is 20.5. The molecule has 0 radical (unpaired) electrons. The number of anilines is 2. The van der Waals surface area contributed by atoms with Crippen LogP contribution in [0.5, 0.6) is 0 Å². The molecule has 154 valence electrons. The fourth-order valence-electron chi connectivity index (χ4n) is 3.36. The maximum absolute atomic E-state index is 13.9. The van der Waals surface area contributed by atoms with Crippen molar-refractivity contribution in [3.8, 4) is 0 Å². The number of likely N-dealkylation sites (tertiary alicyclic amines) is 1.